The van der Waals surface area contributed by atoms with Gasteiger partial charge in [-0.15, -0.1) is 0 Å². The van der Waals surface area contributed by atoms with Gasteiger partial charge in [0.25, 0.3) is 0 Å². The largest absolute Gasteiger partial charge is 0.478 e. The van der Waals surface area contributed by atoms with Gasteiger partial charge in [-0.05, 0) is 24.1 Å². The van der Waals surface area contributed by atoms with Crippen LogP contribution in [0.1, 0.15) is 36.2 Å². The molecule has 5 heteroatoms. The summed E-state index contributed by atoms with van der Waals surface area (Å²) in [6, 6.07) is 3.86. The third-order valence-electron chi connectivity index (χ3n) is 2.60. The lowest BCUT2D eigenvalue weighted by Gasteiger charge is -2.09. The van der Waals surface area contributed by atoms with Gasteiger partial charge in [0.15, 0.2) is 0 Å². The zero-order valence-corrected chi connectivity index (χ0v) is 10.6. The second kappa shape index (κ2) is 5.91. The third-order valence-corrected chi connectivity index (χ3v) is 4.45. The Balaban J connectivity index is 2.84. The molecule has 1 N–H and O–H groups in total. The summed E-state index contributed by atoms with van der Waals surface area (Å²) in [5.74, 6) is -1.82. The first-order valence-corrected chi connectivity index (χ1v) is 6.72. The van der Waals surface area contributed by atoms with Crippen molar-refractivity contribution < 1.29 is 18.5 Å². The van der Waals surface area contributed by atoms with Gasteiger partial charge in [0.2, 0.25) is 0 Å². The lowest BCUT2D eigenvalue weighted by Crippen LogP contribution is -2.11. The SMILES string of the molecule is CCC(C)S(=O)Cc1ccc(C(=O)O)c(F)c1. The van der Waals surface area contributed by atoms with Gasteiger partial charge in [-0.2, -0.15) is 0 Å². The Morgan fingerprint density at radius 3 is 2.65 bits per heavy atom. The van der Waals surface area contributed by atoms with Gasteiger partial charge in [-0.3, -0.25) is 4.21 Å². The maximum Gasteiger partial charge on any atom is 0.338 e. The maximum atomic E-state index is 13.4. The van der Waals surface area contributed by atoms with Gasteiger partial charge >= 0.3 is 5.97 Å². The van der Waals surface area contributed by atoms with E-state index in [-0.39, 0.29) is 16.6 Å². The van der Waals surface area contributed by atoms with Crippen LogP contribution in [0.5, 0.6) is 0 Å². The van der Waals surface area contributed by atoms with Crippen molar-refractivity contribution in [2.24, 2.45) is 0 Å². The predicted octanol–water partition coefficient (Wildman–Crippen LogP) is 2.57. The smallest absolute Gasteiger partial charge is 0.338 e. The first-order valence-electron chi connectivity index (χ1n) is 5.34. The Morgan fingerprint density at radius 1 is 1.53 bits per heavy atom. The van der Waals surface area contributed by atoms with E-state index in [1.165, 1.54) is 12.1 Å². The van der Waals surface area contributed by atoms with E-state index in [1.54, 1.807) is 0 Å². The van der Waals surface area contributed by atoms with Crippen molar-refractivity contribution in [1.29, 1.82) is 0 Å². The molecule has 0 aliphatic carbocycles. The fourth-order valence-corrected chi connectivity index (χ4v) is 2.48. The van der Waals surface area contributed by atoms with Crippen LogP contribution < -0.4 is 0 Å². The van der Waals surface area contributed by atoms with Crippen molar-refractivity contribution in [2.45, 2.75) is 31.3 Å². The van der Waals surface area contributed by atoms with Gasteiger partial charge in [0.05, 0.1) is 5.56 Å². The standard InChI is InChI=1S/C12H15FO3S/c1-3-8(2)17(16)7-9-4-5-10(12(14)15)11(13)6-9/h4-6,8H,3,7H2,1-2H3,(H,14,15). The number of aromatic carboxylic acids is 1. The Morgan fingerprint density at radius 2 is 2.18 bits per heavy atom. The fraction of sp³-hybridized carbons (Fsp3) is 0.417. The molecule has 0 spiro atoms. The molecule has 1 aromatic rings. The third kappa shape index (κ3) is 3.63. The second-order valence-corrected chi connectivity index (χ2v) is 5.72. The number of benzene rings is 1. The number of hydrogen-bond acceptors (Lipinski definition) is 2. The molecular formula is C12H15FO3S. The topological polar surface area (TPSA) is 54.4 Å². The van der Waals surface area contributed by atoms with E-state index < -0.39 is 22.6 Å². The molecule has 0 aliphatic heterocycles. The van der Waals surface area contributed by atoms with Gasteiger partial charge in [0.1, 0.15) is 5.82 Å². The number of carbonyl (C=O) groups is 1. The number of halogens is 1. The van der Waals surface area contributed by atoms with Crippen molar-refractivity contribution in [1.82, 2.24) is 0 Å². The first-order chi connectivity index (χ1) is 7.95. The molecule has 0 aromatic heterocycles. The molecule has 17 heavy (non-hydrogen) atoms. The Hall–Kier alpha value is -1.23. The molecule has 1 aromatic carbocycles. The number of carboxylic acid groups (broad SMARTS) is 1. The summed E-state index contributed by atoms with van der Waals surface area (Å²) in [6.07, 6.45) is 0.794. The Bertz CT molecular complexity index is 445. The van der Waals surface area contributed by atoms with Crippen LogP contribution in [0.3, 0.4) is 0 Å². The van der Waals surface area contributed by atoms with Crippen molar-refractivity contribution in [3.05, 3.63) is 35.1 Å². The van der Waals surface area contributed by atoms with Crippen molar-refractivity contribution in [2.75, 3.05) is 0 Å². The summed E-state index contributed by atoms with van der Waals surface area (Å²) in [6.45, 7) is 3.81. The first kappa shape index (κ1) is 13.8. The zero-order valence-electron chi connectivity index (χ0n) is 9.77. The van der Waals surface area contributed by atoms with E-state index in [2.05, 4.69) is 0 Å². The lowest BCUT2D eigenvalue weighted by molar-refractivity contribution is 0.0692. The van der Waals surface area contributed by atoms with E-state index in [4.69, 9.17) is 5.11 Å². The molecule has 2 atom stereocenters. The van der Waals surface area contributed by atoms with Crippen LogP contribution >= 0.6 is 0 Å². The molecule has 0 amide bonds. The van der Waals surface area contributed by atoms with Gasteiger partial charge in [-0.1, -0.05) is 19.9 Å². The molecule has 0 saturated carbocycles. The van der Waals surface area contributed by atoms with E-state index in [9.17, 15) is 13.4 Å². The maximum absolute atomic E-state index is 13.4. The minimum Gasteiger partial charge on any atom is -0.478 e. The highest BCUT2D eigenvalue weighted by Gasteiger charge is 2.13. The summed E-state index contributed by atoms with van der Waals surface area (Å²) in [5.41, 5.74) is 0.203. The molecule has 0 bridgehead atoms. The number of hydrogen-bond donors (Lipinski definition) is 1. The predicted molar refractivity (Wildman–Crippen MR) is 65.0 cm³/mol. The van der Waals surface area contributed by atoms with Crippen molar-refractivity contribution >= 4 is 16.8 Å². The van der Waals surface area contributed by atoms with Crippen LogP contribution in [0, 0.1) is 5.82 Å². The molecule has 0 fully saturated rings. The molecule has 0 radical (unpaired) electrons. The summed E-state index contributed by atoms with van der Waals surface area (Å²) in [7, 11) is -1.06. The summed E-state index contributed by atoms with van der Waals surface area (Å²) in [5, 5.41) is 8.72. The highest BCUT2D eigenvalue weighted by Crippen LogP contribution is 2.14. The molecule has 2 unspecified atom stereocenters. The Kier molecular flexibility index (Phi) is 4.81. The van der Waals surface area contributed by atoms with Crippen LogP contribution in [0.4, 0.5) is 4.39 Å². The highest BCUT2D eigenvalue weighted by atomic mass is 32.2. The average Bonchev–Trinajstić information content (AvgIpc) is 2.27. The monoisotopic (exact) mass is 258 g/mol. The lowest BCUT2D eigenvalue weighted by atomic mass is 10.1. The number of carboxylic acids is 1. The van der Waals surface area contributed by atoms with Crippen LogP contribution in [-0.2, 0) is 16.6 Å². The van der Waals surface area contributed by atoms with Crippen LogP contribution in [0.2, 0.25) is 0 Å². The van der Waals surface area contributed by atoms with E-state index in [0.29, 0.717) is 5.56 Å². The van der Waals surface area contributed by atoms with Crippen LogP contribution in [0.15, 0.2) is 18.2 Å². The highest BCUT2D eigenvalue weighted by molar-refractivity contribution is 7.84. The summed E-state index contributed by atoms with van der Waals surface area (Å²) < 4.78 is 25.1. The molecule has 94 valence electrons. The summed E-state index contributed by atoms with van der Waals surface area (Å²) in [4.78, 5) is 10.6. The molecule has 3 nitrogen and oxygen atoms in total. The van der Waals surface area contributed by atoms with Crippen LogP contribution in [-0.4, -0.2) is 20.5 Å². The van der Waals surface area contributed by atoms with Crippen molar-refractivity contribution in [3.63, 3.8) is 0 Å². The second-order valence-electron chi connectivity index (χ2n) is 3.86. The normalized spacial score (nSPS) is 14.3. The van der Waals surface area contributed by atoms with E-state index >= 15 is 0 Å². The zero-order chi connectivity index (χ0) is 13.0. The molecular weight excluding hydrogens is 243 g/mol. The van der Waals surface area contributed by atoms with E-state index in [0.717, 1.165) is 12.5 Å². The Labute approximate surface area is 102 Å². The molecule has 1 rings (SSSR count). The average molecular weight is 258 g/mol. The summed E-state index contributed by atoms with van der Waals surface area (Å²) >= 11 is 0. The quantitative estimate of drug-likeness (QED) is 0.883. The van der Waals surface area contributed by atoms with Gasteiger partial charge in [0, 0.05) is 21.8 Å². The number of rotatable bonds is 5. The minimum absolute atomic E-state index is 0.0530. The fourth-order valence-electron chi connectivity index (χ4n) is 1.31. The molecule has 0 heterocycles. The molecule has 0 aliphatic rings. The molecule has 0 saturated heterocycles. The van der Waals surface area contributed by atoms with Crippen molar-refractivity contribution in [3.8, 4) is 0 Å². The van der Waals surface area contributed by atoms with E-state index in [1.807, 2.05) is 13.8 Å². The van der Waals surface area contributed by atoms with Gasteiger partial charge < -0.3 is 5.11 Å². The van der Waals surface area contributed by atoms with Crippen LogP contribution in [0.25, 0.3) is 0 Å². The van der Waals surface area contributed by atoms with Gasteiger partial charge in [-0.25, -0.2) is 9.18 Å². The minimum atomic E-state index is -1.29.